The lowest BCUT2D eigenvalue weighted by Gasteiger charge is -2.14. The number of hydrogen-bond acceptors (Lipinski definition) is 4. The molecule has 2 N–H and O–H groups in total. The Morgan fingerprint density at radius 1 is 1.40 bits per heavy atom. The first kappa shape index (κ1) is 11.5. The van der Waals surface area contributed by atoms with E-state index in [1.54, 1.807) is 6.92 Å². The maximum atomic E-state index is 10.6. The average molecular weight is 211 g/mol. The van der Waals surface area contributed by atoms with E-state index in [2.05, 4.69) is 0 Å². The Morgan fingerprint density at radius 2 is 1.93 bits per heavy atom. The Morgan fingerprint density at radius 3 is 2.33 bits per heavy atom. The Hall–Kier alpha value is -1.62. The summed E-state index contributed by atoms with van der Waals surface area (Å²) in [6.07, 6.45) is -0.875. The minimum absolute atomic E-state index is 0.0695. The average Bonchev–Trinajstić information content (AvgIpc) is 2.19. The van der Waals surface area contributed by atoms with Gasteiger partial charge in [0.25, 0.3) is 0 Å². The number of aliphatic hydroxyl groups is 1. The highest BCUT2D eigenvalue weighted by atomic mass is 16.6. The summed E-state index contributed by atoms with van der Waals surface area (Å²) >= 11 is 0. The Balaban J connectivity index is 2.87. The summed E-state index contributed by atoms with van der Waals surface area (Å²) in [6, 6.07) is 4.74. The van der Waals surface area contributed by atoms with Crippen LogP contribution in [0.25, 0.3) is 0 Å². The molecule has 5 heteroatoms. The summed E-state index contributed by atoms with van der Waals surface area (Å²) in [4.78, 5) is 10.1. The SMILES string of the molecule is CCC(C(O)c1ccc(O)cc1)[N+](=O)[O-]. The molecule has 1 rings (SSSR count). The molecule has 82 valence electrons. The normalized spacial score (nSPS) is 14.5. The molecule has 2 unspecified atom stereocenters. The van der Waals surface area contributed by atoms with E-state index in [0.29, 0.717) is 5.56 Å². The largest absolute Gasteiger partial charge is 0.508 e. The molecule has 0 amide bonds. The summed E-state index contributed by atoms with van der Waals surface area (Å²) < 4.78 is 0. The van der Waals surface area contributed by atoms with Gasteiger partial charge in [0.2, 0.25) is 6.04 Å². The fourth-order valence-electron chi connectivity index (χ4n) is 1.38. The molecule has 1 aromatic carbocycles. The van der Waals surface area contributed by atoms with Crippen molar-refractivity contribution in [2.45, 2.75) is 25.5 Å². The van der Waals surface area contributed by atoms with E-state index in [-0.39, 0.29) is 12.2 Å². The number of hydrogen-bond donors (Lipinski definition) is 2. The van der Waals surface area contributed by atoms with E-state index in [1.165, 1.54) is 24.3 Å². The molecule has 0 saturated carbocycles. The molecule has 0 saturated heterocycles. The third-order valence-corrected chi connectivity index (χ3v) is 2.29. The molecule has 5 nitrogen and oxygen atoms in total. The van der Waals surface area contributed by atoms with Crippen LogP contribution in [0.3, 0.4) is 0 Å². The second-order valence-electron chi connectivity index (χ2n) is 3.30. The molecule has 0 bridgehead atoms. The van der Waals surface area contributed by atoms with Gasteiger partial charge in [-0.2, -0.15) is 0 Å². The molecule has 1 aromatic rings. The smallest absolute Gasteiger partial charge is 0.242 e. The van der Waals surface area contributed by atoms with Crippen molar-refractivity contribution in [3.05, 3.63) is 39.9 Å². The molecular formula is C10H13NO4. The van der Waals surface area contributed by atoms with Gasteiger partial charge in [0, 0.05) is 11.3 Å². The summed E-state index contributed by atoms with van der Waals surface area (Å²) in [6.45, 7) is 1.65. The Kier molecular flexibility index (Phi) is 3.62. The molecule has 0 aromatic heterocycles. The highest BCUT2D eigenvalue weighted by Gasteiger charge is 2.28. The molecule has 0 aliphatic rings. The van der Waals surface area contributed by atoms with Gasteiger partial charge in [-0.3, -0.25) is 10.1 Å². The minimum atomic E-state index is -1.13. The lowest BCUT2D eigenvalue weighted by molar-refractivity contribution is -0.536. The maximum absolute atomic E-state index is 10.6. The number of aliphatic hydroxyl groups excluding tert-OH is 1. The molecule has 2 atom stereocenters. The maximum Gasteiger partial charge on any atom is 0.242 e. The van der Waals surface area contributed by atoms with Crippen LogP contribution >= 0.6 is 0 Å². The van der Waals surface area contributed by atoms with Crippen molar-refractivity contribution in [2.75, 3.05) is 0 Å². The fraction of sp³-hybridized carbons (Fsp3) is 0.400. The summed E-state index contributed by atoms with van der Waals surface area (Å²) in [5.74, 6) is 0.0695. The third-order valence-electron chi connectivity index (χ3n) is 2.29. The molecule has 0 aliphatic carbocycles. The minimum Gasteiger partial charge on any atom is -0.508 e. The van der Waals surface area contributed by atoms with E-state index in [4.69, 9.17) is 5.11 Å². The van der Waals surface area contributed by atoms with Gasteiger partial charge >= 0.3 is 0 Å². The van der Waals surface area contributed by atoms with Crippen molar-refractivity contribution in [1.82, 2.24) is 0 Å². The van der Waals surface area contributed by atoms with Crippen LogP contribution in [0.1, 0.15) is 25.0 Å². The highest BCUT2D eigenvalue weighted by molar-refractivity contribution is 5.27. The zero-order valence-corrected chi connectivity index (χ0v) is 8.33. The Bertz CT molecular complexity index is 336. The van der Waals surface area contributed by atoms with Gasteiger partial charge in [0.1, 0.15) is 11.9 Å². The van der Waals surface area contributed by atoms with Gasteiger partial charge in [-0.25, -0.2) is 0 Å². The number of benzene rings is 1. The quantitative estimate of drug-likeness (QED) is 0.583. The van der Waals surface area contributed by atoms with E-state index in [0.717, 1.165) is 0 Å². The van der Waals surface area contributed by atoms with Crippen molar-refractivity contribution in [2.24, 2.45) is 0 Å². The van der Waals surface area contributed by atoms with Crippen LogP contribution in [-0.2, 0) is 0 Å². The first-order chi connectivity index (χ1) is 7.06. The topological polar surface area (TPSA) is 83.6 Å². The predicted molar refractivity (Wildman–Crippen MR) is 54.1 cm³/mol. The number of phenolic OH excluding ortho intramolecular Hbond substituents is 1. The van der Waals surface area contributed by atoms with E-state index in [1.807, 2.05) is 0 Å². The zero-order chi connectivity index (χ0) is 11.4. The number of phenols is 1. The summed E-state index contributed by atoms with van der Waals surface area (Å²) in [5.41, 5.74) is 0.441. The number of nitro groups is 1. The van der Waals surface area contributed by atoms with Gasteiger partial charge in [-0.1, -0.05) is 19.1 Å². The van der Waals surface area contributed by atoms with Crippen molar-refractivity contribution in [1.29, 1.82) is 0 Å². The number of aromatic hydroxyl groups is 1. The van der Waals surface area contributed by atoms with E-state index in [9.17, 15) is 15.2 Å². The van der Waals surface area contributed by atoms with Crippen molar-refractivity contribution < 1.29 is 15.1 Å². The molecule has 0 heterocycles. The number of nitrogens with zero attached hydrogens (tertiary/aromatic N) is 1. The standard InChI is InChI=1S/C10H13NO4/c1-2-9(11(14)15)10(13)7-3-5-8(12)6-4-7/h3-6,9-10,12-13H,2H2,1H3. The molecule has 0 fully saturated rings. The van der Waals surface area contributed by atoms with Crippen LogP contribution < -0.4 is 0 Å². The molecule has 0 radical (unpaired) electrons. The van der Waals surface area contributed by atoms with Crippen molar-refractivity contribution in [3.8, 4) is 5.75 Å². The van der Waals surface area contributed by atoms with E-state index >= 15 is 0 Å². The predicted octanol–water partition coefficient (Wildman–Crippen LogP) is 1.48. The Labute approximate surface area is 87.1 Å². The fourth-order valence-corrected chi connectivity index (χ4v) is 1.38. The second-order valence-corrected chi connectivity index (χ2v) is 3.30. The summed E-state index contributed by atoms with van der Waals surface area (Å²) in [7, 11) is 0. The highest BCUT2D eigenvalue weighted by Crippen LogP contribution is 2.22. The van der Waals surface area contributed by atoms with Crippen LogP contribution in [-0.4, -0.2) is 21.2 Å². The van der Waals surface area contributed by atoms with Crippen LogP contribution in [0, 0.1) is 10.1 Å². The van der Waals surface area contributed by atoms with Crippen LogP contribution in [0.5, 0.6) is 5.75 Å². The van der Waals surface area contributed by atoms with Gasteiger partial charge in [0.15, 0.2) is 0 Å². The lowest BCUT2D eigenvalue weighted by atomic mass is 10.0. The van der Waals surface area contributed by atoms with Crippen LogP contribution in [0.4, 0.5) is 0 Å². The van der Waals surface area contributed by atoms with Gasteiger partial charge in [-0.05, 0) is 17.7 Å². The van der Waals surface area contributed by atoms with Crippen molar-refractivity contribution >= 4 is 0 Å². The second kappa shape index (κ2) is 4.75. The molecular weight excluding hydrogens is 198 g/mol. The van der Waals surface area contributed by atoms with Crippen LogP contribution in [0.15, 0.2) is 24.3 Å². The lowest BCUT2D eigenvalue weighted by Crippen LogP contribution is -2.26. The summed E-state index contributed by atoms with van der Waals surface area (Å²) in [5, 5.41) is 29.4. The molecule has 15 heavy (non-hydrogen) atoms. The molecule has 0 spiro atoms. The molecule has 0 aliphatic heterocycles. The zero-order valence-electron chi connectivity index (χ0n) is 8.33. The van der Waals surface area contributed by atoms with Crippen molar-refractivity contribution in [3.63, 3.8) is 0 Å². The van der Waals surface area contributed by atoms with E-state index < -0.39 is 17.1 Å². The van der Waals surface area contributed by atoms with Gasteiger partial charge < -0.3 is 10.2 Å². The van der Waals surface area contributed by atoms with Crippen LogP contribution in [0.2, 0.25) is 0 Å². The number of rotatable bonds is 4. The van der Waals surface area contributed by atoms with Gasteiger partial charge in [0.05, 0.1) is 0 Å². The first-order valence-electron chi connectivity index (χ1n) is 4.66. The monoisotopic (exact) mass is 211 g/mol. The third kappa shape index (κ3) is 2.66. The first-order valence-corrected chi connectivity index (χ1v) is 4.66. The van der Waals surface area contributed by atoms with Gasteiger partial charge in [-0.15, -0.1) is 0 Å².